The molecule has 0 N–H and O–H groups in total. The van der Waals surface area contributed by atoms with Crippen molar-refractivity contribution >= 4 is 65.4 Å². The van der Waals surface area contributed by atoms with E-state index >= 15 is 0 Å². The highest BCUT2D eigenvalue weighted by Gasteiger charge is 2.46. The van der Waals surface area contributed by atoms with Crippen molar-refractivity contribution in [2.24, 2.45) is 0 Å². The Labute approximate surface area is 599 Å². The van der Waals surface area contributed by atoms with Crippen molar-refractivity contribution in [3.8, 4) is 39.3 Å². The fraction of sp³-hybridized carbons (Fsp3) is 0.0909. The van der Waals surface area contributed by atoms with Crippen LogP contribution in [0.4, 0.5) is 0 Å². The Hall–Kier alpha value is -12.3. The summed E-state index contributed by atoms with van der Waals surface area (Å²) in [4.78, 5) is 0. The first-order chi connectivity index (χ1) is 50.0. The van der Waals surface area contributed by atoms with Crippen LogP contribution >= 0.6 is 0 Å². The molecule has 2 aliphatic rings. The maximum absolute atomic E-state index is 2.36. The first-order valence-corrected chi connectivity index (χ1v) is 35.7. The zero-order valence-electron chi connectivity index (χ0n) is 59.0. The molecule has 0 bridgehead atoms. The minimum atomic E-state index is -0.263. The monoisotopic (exact) mass is 1310 g/mol. The fourth-order valence-electron chi connectivity index (χ4n) is 16.5. The smallest absolute Gasteiger partial charge is 0.0713 e. The van der Waals surface area contributed by atoms with E-state index in [1.165, 1.54) is 166 Å². The van der Waals surface area contributed by atoms with Gasteiger partial charge in [-0.25, -0.2) is 0 Å². The summed E-state index contributed by atoms with van der Waals surface area (Å²) in [7, 11) is 0. The summed E-state index contributed by atoms with van der Waals surface area (Å²) in [6.45, 7) is 15.5. The predicted octanol–water partition coefficient (Wildman–Crippen LogP) is 25.9. The summed E-state index contributed by atoms with van der Waals surface area (Å²) in [6, 6.07) is 130. The van der Waals surface area contributed by atoms with Gasteiger partial charge < -0.3 is 13.7 Å². The lowest BCUT2D eigenvalue weighted by molar-refractivity contribution is 0.660. The van der Waals surface area contributed by atoms with Gasteiger partial charge in [0.2, 0.25) is 0 Å². The molecule has 0 aliphatic heterocycles. The standard InChI is InChI=1S/C26H20.3C19H15N.C16H16/c1-19-11-10-18-24-25(19)22-16-8-9-17-23(22)26(24,20-12-4-2-5-13-20)21-14-6-3-7-15-21;1-14-8-7-12-17-16-11-5-6-13-18(16)20(19(14)17)15-9-3-2-4-10-15;1-14-11-12-19-17(13-14)16-9-5-6-10-18(16)20(19)15-7-3-2-4-8-15;1-14-11-12-17-16-9-5-6-10-18(16)20(19(17)13-14)15-7-3-2-4-8-15;1-11-7-6-10-14-15(11)12-8-4-5-9-13(12)16(14,2)3/h2-18H,1H3;3*2-13H,1H3;4-10H,1-3H3. The van der Waals surface area contributed by atoms with Gasteiger partial charge in [-0.3, -0.25) is 0 Å². The molecule has 102 heavy (non-hydrogen) atoms. The van der Waals surface area contributed by atoms with Crippen molar-refractivity contribution in [2.75, 3.05) is 0 Å². The van der Waals surface area contributed by atoms with Crippen LogP contribution in [0.1, 0.15) is 75.0 Å². The average molecular weight is 1310 g/mol. The van der Waals surface area contributed by atoms with Gasteiger partial charge in [-0.15, -0.1) is 0 Å². The number of hydrogen-bond donors (Lipinski definition) is 0. The van der Waals surface area contributed by atoms with E-state index in [1.54, 1.807) is 0 Å². The molecule has 0 amide bonds. The molecule has 3 nitrogen and oxygen atoms in total. The summed E-state index contributed by atoms with van der Waals surface area (Å²) in [5.41, 5.74) is 31.7. The molecule has 0 atom stereocenters. The molecule has 0 saturated carbocycles. The van der Waals surface area contributed by atoms with E-state index in [4.69, 9.17) is 0 Å². The van der Waals surface area contributed by atoms with Crippen LogP contribution in [0.5, 0.6) is 0 Å². The van der Waals surface area contributed by atoms with Gasteiger partial charge in [0, 0.05) is 54.8 Å². The van der Waals surface area contributed by atoms with Crippen LogP contribution in [-0.2, 0) is 10.8 Å². The Bertz CT molecular complexity index is 6010. The molecule has 492 valence electrons. The van der Waals surface area contributed by atoms with E-state index in [-0.39, 0.29) is 10.8 Å². The molecule has 0 spiro atoms. The number of rotatable bonds is 5. The first-order valence-electron chi connectivity index (χ1n) is 35.7. The molecule has 3 heteroatoms. The summed E-state index contributed by atoms with van der Waals surface area (Å²) in [5, 5.41) is 7.90. The minimum absolute atomic E-state index is 0.151. The van der Waals surface area contributed by atoms with Crippen LogP contribution in [0, 0.1) is 34.6 Å². The molecule has 3 heterocycles. The highest BCUT2D eigenvalue weighted by atomic mass is 15.0. The van der Waals surface area contributed by atoms with Crippen molar-refractivity contribution < 1.29 is 0 Å². The second kappa shape index (κ2) is 27.1. The third-order valence-corrected chi connectivity index (χ3v) is 21.1. The van der Waals surface area contributed by atoms with Crippen LogP contribution in [0.2, 0.25) is 0 Å². The third-order valence-electron chi connectivity index (χ3n) is 21.1. The van der Waals surface area contributed by atoms with Gasteiger partial charge in [-0.05, 0) is 185 Å². The normalized spacial score (nSPS) is 12.6. The van der Waals surface area contributed by atoms with Crippen molar-refractivity contribution in [3.63, 3.8) is 0 Å². The van der Waals surface area contributed by atoms with Gasteiger partial charge in [0.25, 0.3) is 0 Å². The Morgan fingerprint density at radius 3 is 1.15 bits per heavy atom. The number of hydrogen-bond acceptors (Lipinski definition) is 0. The van der Waals surface area contributed by atoms with E-state index in [0.29, 0.717) is 0 Å². The van der Waals surface area contributed by atoms with Gasteiger partial charge in [0.15, 0.2) is 0 Å². The average Bonchev–Trinajstić information content (AvgIpc) is 1.53. The first kappa shape index (κ1) is 64.4. The topological polar surface area (TPSA) is 14.8 Å². The molecule has 20 rings (SSSR count). The molecule has 0 radical (unpaired) electrons. The van der Waals surface area contributed by atoms with Crippen molar-refractivity contribution in [1.29, 1.82) is 0 Å². The zero-order chi connectivity index (χ0) is 69.5. The Balaban J connectivity index is 0.0000000995. The number of nitrogens with zero attached hydrogens (tertiary/aromatic N) is 3. The highest BCUT2D eigenvalue weighted by molar-refractivity contribution is 6.12. The number of para-hydroxylation sites is 7. The van der Waals surface area contributed by atoms with Crippen LogP contribution in [0.15, 0.2) is 364 Å². The quantitative estimate of drug-likeness (QED) is 0.163. The van der Waals surface area contributed by atoms with Gasteiger partial charge in [0.1, 0.15) is 0 Å². The van der Waals surface area contributed by atoms with E-state index in [1.807, 2.05) is 0 Å². The van der Waals surface area contributed by atoms with Crippen molar-refractivity contribution in [3.05, 3.63) is 425 Å². The second-order valence-electron chi connectivity index (χ2n) is 27.8. The van der Waals surface area contributed by atoms with Crippen molar-refractivity contribution in [2.45, 2.75) is 59.3 Å². The van der Waals surface area contributed by atoms with Crippen LogP contribution in [0.25, 0.3) is 105 Å². The summed E-state index contributed by atoms with van der Waals surface area (Å²) in [5.74, 6) is 0. The molecule has 3 aromatic heterocycles. The van der Waals surface area contributed by atoms with Gasteiger partial charge >= 0.3 is 0 Å². The number of aromatic nitrogens is 3. The Kier molecular flexibility index (Phi) is 17.1. The molecule has 0 fully saturated rings. The van der Waals surface area contributed by atoms with Crippen LogP contribution < -0.4 is 0 Å². The van der Waals surface area contributed by atoms with Crippen LogP contribution in [0.3, 0.4) is 0 Å². The van der Waals surface area contributed by atoms with E-state index in [9.17, 15) is 0 Å². The minimum Gasteiger partial charge on any atom is -0.309 e. The highest BCUT2D eigenvalue weighted by Crippen LogP contribution is 2.57. The Morgan fingerprint density at radius 2 is 0.578 bits per heavy atom. The van der Waals surface area contributed by atoms with Gasteiger partial charge in [-0.1, -0.05) is 311 Å². The summed E-state index contributed by atoms with van der Waals surface area (Å²) < 4.78 is 7.04. The van der Waals surface area contributed by atoms with Gasteiger partial charge in [-0.2, -0.15) is 0 Å². The van der Waals surface area contributed by atoms with Crippen LogP contribution in [-0.4, -0.2) is 13.7 Å². The molecule has 15 aromatic carbocycles. The molecular weight excluding hydrogens is 1230 g/mol. The molecule has 0 saturated heterocycles. The number of benzene rings is 15. The molecule has 18 aromatic rings. The molecule has 0 unspecified atom stereocenters. The third kappa shape index (κ3) is 11.2. The maximum atomic E-state index is 2.36. The molecular formula is C99H81N3. The van der Waals surface area contributed by atoms with Gasteiger partial charge in [0.05, 0.1) is 38.5 Å². The largest absolute Gasteiger partial charge is 0.309 e. The number of fused-ring (bicyclic) bond motifs is 15. The second-order valence-corrected chi connectivity index (χ2v) is 27.8. The van der Waals surface area contributed by atoms with Crippen molar-refractivity contribution in [1.82, 2.24) is 13.7 Å². The summed E-state index contributed by atoms with van der Waals surface area (Å²) >= 11 is 0. The SMILES string of the molecule is Cc1ccc2c(c1)c1ccccc1n2-c1ccccc1.Cc1ccc2c3ccccc3n(-c3ccccc3)c2c1.Cc1cccc2c1-c1ccccc1C2(C)C.Cc1cccc2c1-c1ccccc1C2(c1ccccc1)c1ccccc1.Cc1cccc2c3ccccc3n(-c3ccccc3)c12. The fourth-order valence-corrected chi connectivity index (χ4v) is 16.5. The lowest BCUT2D eigenvalue weighted by Gasteiger charge is -2.33. The maximum Gasteiger partial charge on any atom is 0.0713 e. The predicted molar refractivity (Wildman–Crippen MR) is 434 cm³/mol. The van der Waals surface area contributed by atoms with E-state index in [2.05, 4.69) is 426 Å². The summed E-state index contributed by atoms with van der Waals surface area (Å²) in [6.07, 6.45) is 0. The molecule has 2 aliphatic carbocycles. The lowest BCUT2D eigenvalue weighted by atomic mass is 9.67. The number of aryl methyl sites for hydroxylation is 5. The Morgan fingerprint density at radius 1 is 0.225 bits per heavy atom. The van der Waals surface area contributed by atoms with E-state index in [0.717, 1.165) is 0 Å². The zero-order valence-corrected chi connectivity index (χ0v) is 59.0. The lowest BCUT2D eigenvalue weighted by Crippen LogP contribution is -2.28. The van der Waals surface area contributed by atoms with E-state index < -0.39 is 0 Å².